The van der Waals surface area contributed by atoms with E-state index in [9.17, 15) is 4.39 Å². The molecule has 2 atom stereocenters. The summed E-state index contributed by atoms with van der Waals surface area (Å²) in [6.07, 6.45) is 5.20. The van der Waals surface area contributed by atoms with Gasteiger partial charge in [-0.05, 0) is 62.0 Å². The molecule has 0 aromatic heterocycles. The van der Waals surface area contributed by atoms with Crippen molar-refractivity contribution in [1.82, 2.24) is 5.32 Å². The van der Waals surface area contributed by atoms with Gasteiger partial charge in [0, 0.05) is 18.3 Å². The largest absolute Gasteiger partial charge is 0.368 e. The lowest BCUT2D eigenvalue weighted by Crippen LogP contribution is -2.49. The highest BCUT2D eigenvalue weighted by Gasteiger charge is 2.32. The summed E-state index contributed by atoms with van der Waals surface area (Å²) in [6, 6.07) is 17.7. The smallest absolute Gasteiger partial charge is 0.123 e. The number of piperidine rings is 1. The summed E-state index contributed by atoms with van der Waals surface area (Å²) >= 11 is 0. The third kappa shape index (κ3) is 4.60. The Labute approximate surface area is 151 Å². The second kappa shape index (κ2) is 9.00. The molecule has 2 aliphatic heterocycles. The van der Waals surface area contributed by atoms with Crippen molar-refractivity contribution in [3.63, 3.8) is 0 Å². The molecule has 0 bridgehead atoms. The number of anilines is 1. The Kier molecular flexibility index (Phi) is 6.46. The molecule has 2 nitrogen and oxygen atoms in total. The molecule has 2 heterocycles. The van der Waals surface area contributed by atoms with Crippen molar-refractivity contribution in [3.05, 3.63) is 66.0 Å². The molecule has 0 spiro atoms. The van der Waals surface area contributed by atoms with Crippen LogP contribution < -0.4 is 10.2 Å². The molecule has 0 radical (unpaired) electrons. The first kappa shape index (κ1) is 17.9. The fourth-order valence-electron chi connectivity index (χ4n) is 4.11. The number of benzene rings is 2. The van der Waals surface area contributed by atoms with E-state index >= 15 is 0 Å². The molecule has 2 aliphatic rings. The Bertz CT molecular complexity index is 641. The summed E-state index contributed by atoms with van der Waals surface area (Å²) < 4.78 is 11.9. The van der Waals surface area contributed by atoms with Crippen molar-refractivity contribution >= 4 is 5.69 Å². The lowest BCUT2D eigenvalue weighted by Gasteiger charge is -2.40. The van der Waals surface area contributed by atoms with Crippen molar-refractivity contribution in [2.75, 3.05) is 24.5 Å². The number of rotatable bonds is 3. The predicted molar refractivity (Wildman–Crippen MR) is 104 cm³/mol. The highest BCUT2D eigenvalue weighted by Crippen LogP contribution is 2.34. The fraction of sp³-hybridized carbons (Fsp3) is 0.455. The van der Waals surface area contributed by atoms with E-state index in [4.69, 9.17) is 0 Å². The normalized spacial score (nSPS) is 22.1. The van der Waals surface area contributed by atoms with Gasteiger partial charge in [0.05, 0.1) is 0 Å². The maximum Gasteiger partial charge on any atom is 0.123 e. The van der Waals surface area contributed by atoms with Crippen LogP contribution >= 0.6 is 0 Å². The quantitative estimate of drug-likeness (QED) is 0.875. The Hall–Kier alpha value is -1.87. The van der Waals surface area contributed by atoms with Gasteiger partial charge in [-0.25, -0.2) is 4.39 Å². The topological polar surface area (TPSA) is 15.3 Å². The van der Waals surface area contributed by atoms with Gasteiger partial charge in [-0.3, -0.25) is 0 Å². The Balaban J connectivity index is 0.000000219. The van der Waals surface area contributed by atoms with Gasteiger partial charge in [0.15, 0.2) is 0 Å². The molecule has 1 N–H and O–H groups in total. The van der Waals surface area contributed by atoms with Crippen molar-refractivity contribution in [2.45, 2.75) is 38.6 Å². The summed E-state index contributed by atoms with van der Waals surface area (Å²) in [5.41, 5.74) is 3.05. The lowest BCUT2D eigenvalue weighted by atomic mass is 9.88. The van der Waals surface area contributed by atoms with Crippen molar-refractivity contribution in [2.24, 2.45) is 5.92 Å². The highest BCUT2D eigenvalue weighted by atomic mass is 19.1. The third-order valence-electron chi connectivity index (χ3n) is 5.28. The molecular weight excluding hydrogens is 311 g/mol. The molecule has 0 amide bonds. The Morgan fingerprint density at radius 1 is 1.08 bits per heavy atom. The van der Waals surface area contributed by atoms with E-state index in [1.165, 1.54) is 63.1 Å². The van der Waals surface area contributed by atoms with E-state index in [0.717, 1.165) is 12.0 Å². The highest BCUT2D eigenvalue weighted by molar-refractivity contribution is 5.58. The van der Waals surface area contributed by atoms with Crippen LogP contribution in [0.3, 0.4) is 0 Å². The van der Waals surface area contributed by atoms with Gasteiger partial charge in [0.1, 0.15) is 5.82 Å². The number of nitrogens with one attached hydrogen (secondary N) is 1. The van der Waals surface area contributed by atoms with Crippen LogP contribution in [-0.2, 0) is 6.42 Å². The maximum atomic E-state index is 11.9. The summed E-state index contributed by atoms with van der Waals surface area (Å²) in [5.74, 6) is 0.650. The first-order valence-electron chi connectivity index (χ1n) is 9.55. The summed E-state index contributed by atoms with van der Waals surface area (Å²) in [5, 5.41) is 3.57. The van der Waals surface area contributed by atoms with Crippen molar-refractivity contribution in [3.8, 4) is 0 Å². The minimum Gasteiger partial charge on any atom is -0.368 e. The first-order chi connectivity index (χ1) is 12.3. The number of halogens is 1. The van der Waals surface area contributed by atoms with Crippen LogP contribution in [0.4, 0.5) is 10.1 Å². The molecule has 4 rings (SSSR count). The van der Waals surface area contributed by atoms with Gasteiger partial charge in [0.2, 0.25) is 0 Å². The molecule has 2 aromatic carbocycles. The van der Waals surface area contributed by atoms with Gasteiger partial charge >= 0.3 is 0 Å². The third-order valence-corrected chi connectivity index (χ3v) is 5.28. The average molecular weight is 340 g/mol. The molecular formula is C22H29FN2. The van der Waals surface area contributed by atoms with Crippen molar-refractivity contribution in [1.29, 1.82) is 0 Å². The van der Waals surface area contributed by atoms with E-state index in [-0.39, 0.29) is 5.82 Å². The van der Waals surface area contributed by atoms with Gasteiger partial charge in [0.25, 0.3) is 0 Å². The van der Waals surface area contributed by atoms with Crippen LogP contribution in [0.1, 0.15) is 31.7 Å². The second-order valence-corrected chi connectivity index (χ2v) is 6.98. The predicted octanol–water partition coefficient (Wildman–Crippen LogP) is 4.65. The fourth-order valence-corrected chi connectivity index (χ4v) is 4.11. The van der Waals surface area contributed by atoms with Crippen molar-refractivity contribution < 1.29 is 4.39 Å². The van der Waals surface area contributed by atoms with Crippen LogP contribution in [0, 0.1) is 11.7 Å². The monoisotopic (exact) mass is 340 g/mol. The zero-order valence-electron chi connectivity index (χ0n) is 15.1. The van der Waals surface area contributed by atoms with Crippen LogP contribution in [0.2, 0.25) is 0 Å². The van der Waals surface area contributed by atoms with Gasteiger partial charge < -0.3 is 10.2 Å². The molecule has 0 saturated carbocycles. The van der Waals surface area contributed by atoms with Gasteiger partial charge in [-0.15, -0.1) is 0 Å². The number of fused-ring (bicyclic) bond motifs is 1. The molecule has 0 aliphatic carbocycles. The van der Waals surface area contributed by atoms with Crippen LogP contribution in [0.15, 0.2) is 54.6 Å². The van der Waals surface area contributed by atoms with Gasteiger partial charge in [-0.1, -0.05) is 49.7 Å². The summed E-state index contributed by atoms with van der Waals surface area (Å²) in [4.78, 5) is 2.69. The zero-order chi connectivity index (χ0) is 17.5. The minimum atomic E-state index is -0.178. The molecule has 3 heteroatoms. The standard InChI is InChI=1S/C16H24N2.C6H5F/c1-2-5-14-12-17-10-8-16(14)18-11-9-13-6-3-4-7-15(13)18;7-6-4-2-1-3-5-6/h3-4,6-7,14,16-17H,2,5,8-12H2,1H3;1-5H. The Morgan fingerprint density at radius 3 is 2.56 bits per heavy atom. The second-order valence-electron chi connectivity index (χ2n) is 6.98. The first-order valence-corrected chi connectivity index (χ1v) is 9.55. The van der Waals surface area contributed by atoms with Crippen LogP contribution in [0.5, 0.6) is 0 Å². The van der Waals surface area contributed by atoms with E-state index in [1.54, 1.807) is 23.8 Å². The summed E-state index contributed by atoms with van der Waals surface area (Å²) in [6.45, 7) is 5.93. The molecule has 1 saturated heterocycles. The average Bonchev–Trinajstić information content (AvgIpc) is 3.08. The maximum absolute atomic E-state index is 11.9. The van der Waals surface area contributed by atoms with Gasteiger partial charge in [-0.2, -0.15) is 0 Å². The SMILES string of the molecule is CCCC1CNCCC1N1CCc2ccccc21.Fc1ccccc1. The molecule has 2 unspecified atom stereocenters. The van der Waals surface area contributed by atoms with E-state index < -0.39 is 0 Å². The number of hydrogen-bond donors (Lipinski definition) is 1. The molecule has 25 heavy (non-hydrogen) atoms. The Morgan fingerprint density at radius 2 is 1.84 bits per heavy atom. The number of nitrogens with zero attached hydrogens (tertiary/aromatic N) is 1. The molecule has 2 aromatic rings. The number of para-hydroxylation sites is 1. The number of hydrogen-bond acceptors (Lipinski definition) is 2. The molecule has 134 valence electrons. The summed E-state index contributed by atoms with van der Waals surface area (Å²) in [7, 11) is 0. The zero-order valence-corrected chi connectivity index (χ0v) is 15.1. The lowest BCUT2D eigenvalue weighted by molar-refractivity contribution is 0.295. The molecule has 1 fully saturated rings. The van der Waals surface area contributed by atoms with E-state index in [0.29, 0.717) is 0 Å². The van der Waals surface area contributed by atoms with E-state index in [1.807, 2.05) is 0 Å². The van der Waals surface area contributed by atoms with Crippen LogP contribution in [-0.4, -0.2) is 25.7 Å². The van der Waals surface area contributed by atoms with Crippen LogP contribution in [0.25, 0.3) is 0 Å². The minimum absolute atomic E-state index is 0.178. The van der Waals surface area contributed by atoms with E-state index in [2.05, 4.69) is 41.4 Å².